The van der Waals surface area contributed by atoms with Gasteiger partial charge < -0.3 is 15.2 Å². The fourth-order valence-electron chi connectivity index (χ4n) is 1.80. The molecule has 106 valence electrons. The Morgan fingerprint density at radius 3 is 2.70 bits per heavy atom. The summed E-state index contributed by atoms with van der Waals surface area (Å²) in [5.41, 5.74) is 7.43. The number of nitrogens with two attached hydrogens (primary N) is 1. The van der Waals surface area contributed by atoms with Crippen molar-refractivity contribution in [2.45, 2.75) is 20.0 Å². The van der Waals surface area contributed by atoms with Crippen molar-refractivity contribution in [3.8, 4) is 11.5 Å². The highest BCUT2D eigenvalue weighted by molar-refractivity contribution is 6.31. The van der Waals surface area contributed by atoms with E-state index in [9.17, 15) is 0 Å². The Morgan fingerprint density at radius 2 is 2.00 bits per heavy atom. The zero-order valence-corrected chi connectivity index (χ0v) is 12.3. The maximum atomic E-state index is 6.05. The smallest absolute Gasteiger partial charge is 0.161 e. The lowest BCUT2D eigenvalue weighted by Gasteiger charge is -2.12. The number of benzene rings is 1. The molecule has 0 fully saturated rings. The molecule has 4 nitrogen and oxygen atoms in total. The number of nitrogen functional groups attached to an aromatic ring is 1. The minimum Gasteiger partial charge on any atom is -0.493 e. The van der Waals surface area contributed by atoms with Gasteiger partial charge in [-0.15, -0.1) is 0 Å². The molecule has 2 rings (SSSR count). The van der Waals surface area contributed by atoms with Crippen molar-refractivity contribution in [3.63, 3.8) is 0 Å². The summed E-state index contributed by atoms with van der Waals surface area (Å²) in [6, 6.07) is 9.22. The van der Waals surface area contributed by atoms with Crippen LogP contribution in [0.5, 0.6) is 11.5 Å². The monoisotopic (exact) mass is 292 g/mol. The SMILES string of the molecule is CCc1ccc(OCc2nc(N)ccc2Cl)c(OC)c1. The molecule has 20 heavy (non-hydrogen) atoms. The molecule has 0 aliphatic carbocycles. The Labute approximate surface area is 123 Å². The van der Waals surface area contributed by atoms with Crippen molar-refractivity contribution in [2.75, 3.05) is 12.8 Å². The zero-order chi connectivity index (χ0) is 14.5. The number of aryl methyl sites for hydroxylation is 1. The maximum Gasteiger partial charge on any atom is 0.161 e. The quantitative estimate of drug-likeness (QED) is 0.917. The second-order valence-electron chi connectivity index (χ2n) is 4.29. The molecule has 0 saturated carbocycles. The molecule has 0 aliphatic rings. The lowest BCUT2D eigenvalue weighted by Crippen LogP contribution is -2.03. The summed E-state index contributed by atoms with van der Waals surface area (Å²) in [4.78, 5) is 4.16. The first-order valence-corrected chi connectivity index (χ1v) is 6.72. The fourth-order valence-corrected chi connectivity index (χ4v) is 1.96. The summed E-state index contributed by atoms with van der Waals surface area (Å²) < 4.78 is 11.0. The maximum absolute atomic E-state index is 6.05. The summed E-state index contributed by atoms with van der Waals surface area (Å²) in [5.74, 6) is 1.77. The van der Waals surface area contributed by atoms with E-state index in [1.165, 1.54) is 5.56 Å². The fraction of sp³-hybridized carbons (Fsp3) is 0.267. The normalized spacial score (nSPS) is 10.3. The minimum atomic E-state index is 0.242. The van der Waals surface area contributed by atoms with Gasteiger partial charge in [-0.2, -0.15) is 0 Å². The van der Waals surface area contributed by atoms with Gasteiger partial charge in [-0.25, -0.2) is 4.98 Å². The van der Waals surface area contributed by atoms with E-state index < -0.39 is 0 Å². The van der Waals surface area contributed by atoms with E-state index in [1.807, 2.05) is 18.2 Å². The van der Waals surface area contributed by atoms with Crippen LogP contribution in [-0.4, -0.2) is 12.1 Å². The number of hydrogen-bond acceptors (Lipinski definition) is 4. The minimum absolute atomic E-state index is 0.242. The number of halogens is 1. The molecule has 0 saturated heterocycles. The van der Waals surface area contributed by atoms with Gasteiger partial charge in [-0.05, 0) is 36.2 Å². The van der Waals surface area contributed by atoms with Gasteiger partial charge in [0.25, 0.3) is 0 Å². The number of hydrogen-bond donors (Lipinski definition) is 1. The summed E-state index contributed by atoms with van der Waals surface area (Å²) in [6.07, 6.45) is 0.944. The molecule has 1 aromatic heterocycles. The average Bonchev–Trinajstić information content (AvgIpc) is 2.48. The van der Waals surface area contributed by atoms with Crippen LogP contribution in [0.2, 0.25) is 5.02 Å². The molecule has 0 atom stereocenters. The first-order chi connectivity index (χ1) is 9.63. The molecule has 0 spiro atoms. The molecule has 0 radical (unpaired) electrons. The molecule has 0 unspecified atom stereocenters. The third-order valence-electron chi connectivity index (χ3n) is 2.94. The van der Waals surface area contributed by atoms with Crippen LogP contribution in [0, 0.1) is 0 Å². The van der Waals surface area contributed by atoms with Crippen LogP contribution in [0.1, 0.15) is 18.2 Å². The number of nitrogens with zero attached hydrogens (tertiary/aromatic N) is 1. The van der Waals surface area contributed by atoms with Crippen LogP contribution < -0.4 is 15.2 Å². The Morgan fingerprint density at radius 1 is 1.20 bits per heavy atom. The lowest BCUT2D eigenvalue weighted by atomic mass is 10.1. The molecule has 1 aromatic carbocycles. The van der Waals surface area contributed by atoms with Crippen molar-refractivity contribution < 1.29 is 9.47 Å². The molecule has 0 aliphatic heterocycles. The highest BCUT2D eigenvalue weighted by Gasteiger charge is 2.08. The molecule has 2 aromatic rings. The molecule has 0 bridgehead atoms. The first kappa shape index (κ1) is 14.5. The van der Waals surface area contributed by atoms with Crippen molar-refractivity contribution in [2.24, 2.45) is 0 Å². The van der Waals surface area contributed by atoms with Crippen LogP contribution in [0.3, 0.4) is 0 Å². The standard InChI is InChI=1S/C15H17ClN2O2/c1-3-10-4-6-13(14(8-10)19-2)20-9-12-11(16)5-7-15(17)18-12/h4-8H,3,9H2,1-2H3,(H2,17,18). The number of aromatic nitrogens is 1. The summed E-state index contributed by atoms with van der Waals surface area (Å²) in [6.45, 7) is 2.33. The largest absolute Gasteiger partial charge is 0.493 e. The first-order valence-electron chi connectivity index (χ1n) is 6.34. The predicted octanol–water partition coefficient (Wildman–Crippen LogP) is 3.47. The van der Waals surface area contributed by atoms with E-state index in [-0.39, 0.29) is 6.61 Å². The second-order valence-corrected chi connectivity index (χ2v) is 4.70. The van der Waals surface area contributed by atoms with Crippen LogP contribution >= 0.6 is 11.6 Å². The van der Waals surface area contributed by atoms with Crippen LogP contribution in [0.15, 0.2) is 30.3 Å². The predicted molar refractivity (Wildman–Crippen MR) is 80.4 cm³/mol. The number of anilines is 1. The third kappa shape index (κ3) is 3.33. The van der Waals surface area contributed by atoms with E-state index in [1.54, 1.807) is 19.2 Å². The van der Waals surface area contributed by atoms with E-state index >= 15 is 0 Å². The van der Waals surface area contributed by atoms with Gasteiger partial charge in [0.1, 0.15) is 12.4 Å². The Hall–Kier alpha value is -1.94. The Bertz CT molecular complexity index is 602. The summed E-state index contributed by atoms with van der Waals surface area (Å²) >= 11 is 6.05. The second kappa shape index (κ2) is 6.48. The van der Waals surface area contributed by atoms with Crippen molar-refractivity contribution in [1.29, 1.82) is 0 Å². The van der Waals surface area contributed by atoms with Gasteiger partial charge in [0, 0.05) is 0 Å². The molecule has 0 amide bonds. The number of methoxy groups -OCH3 is 1. The van der Waals surface area contributed by atoms with Crippen molar-refractivity contribution >= 4 is 17.4 Å². The average molecular weight is 293 g/mol. The molecule has 1 heterocycles. The number of ether oxygens (including phenoxy) is 2. The van der Waals surface area contributed by atoms with Gasteiger partial charge in [-0.3, -0.25) is 0 Å². The topological polar surface area (TPSA) is 57.4 Å². The van der Waals surface area contributed by atoms with Crippen molar-refractivity contribution in [3.05, 3.63) is 46.6 Å². The summed E-state index contributed by atoms with van der Waals surface area (Å²) in [7, 11) is 1.62. The van der Waals surface area contributed by atoms with Gasteiger partial charge in [0.05, 0.1) is 17.8 Å². The van der Waals surface area contributed by atoms with Gasteiger partial charge >= 0.3 is 0 Å². The van der Waals surface area contributed by atoms with E-state index in [4.69, 9.17) is 26.8 Å². The van der Waals surface area contributed by atoms with Gasteiger partial charge in [0.2, 0.25) is 0 Å². The molecule has 2 N–H and O–H groups in total. The van der Waals surface area contributed by atoms with E-state index in [0.717, 1.165) is 6.42 Å². The van der Waals surface area contributed by atoms with Crippen LogP contribution in [0.4, 0.5) is 5.82 Å². The van der Waals surface area contributed by atoms with Crippen molar-refractivity contribution in [1.82, 2.24) is 4.98 Å². The Balaban J connectivity index is 2.16. The molecule has 5 heteroatoms. The Kier molecular flexibility index (Phi) is 4.69. The lowest BCUT2D eigenvalue weighted by molar-refractivity contribution is 0.281. The van der Waals surface area contributed by atoms with E-state index in [0.29, 0.717) is 28.0 Å². The van der Waals surface area contributed by atoms with Gasteiger partial charge in [0.15, 0.2) is 11.5 Å². The van der Waals surface area contributed by atoms with E-state index in [2.05, 4.69) is 11.9 Å². The zero-order valence-electron chi connectivity index (χ0n) is 11.5. The highest BCUT2D eigenvalue weighted by atomic mass is 35.5. The third-order valence-corrected chi connectivity index (χ3v) is 3.28. The highest BCUT2D eigenvalue weighted by Crippen LogP contribution is 2.29. The number of rotatable bonds is 5. The van der Waals surface area contributed by atoms with Crippen LogP contribution in [0.25, 0.3) is 0 Å². The summed E-state index contributed by atoms with van der Waals surface area (Å²) in [5, 5.41) is 0.531. The number of pyridine rings is 1. The van der Waals surface area contributed by atoms with Crippen LogP contribution in [-0.2, 0) is 13.0 Å². The van der Waals surface area contributed by atoms with Gasteiger partial charge in [-0.1, -0.05) is 24.6 Å². The molecular formula is C15H17ClN2O2. The molecular weight excluding hydrogens is 276 g/mol.